The Kier molecular flexibility index (Phi) is 2.97. The molecule has 1 aliphatic rings. The number of benzene rings is 1. The number of hydrogen-bond donors (Lipinski definition) is 1. The molecule has 0 aliphatic heterocycles. The third-order valence-corrected chi connectivity index (χ3v) is 3.59. The summed E-state index contributed by atoms with van der Waals surface area (Å²) in [6, 6.07) is 10.7. The van der Waals surface area contributed by atoms with Crippen LogP contribution in [0.3, 0.4) is 0 Å². The smallest absolute Gasteiger partial charge is 0.144 e. The van der Waals surface area contributed by atoms with E-state index >= 15 is 0 Å². The van der Waals surface area contributed by atoms with Crippen molar-refractivity contribution in [2.45, 2.75) is 19.3 Å². The molecule has 0 radical (unpaired) electrons. The Labute approximate surface area is 107 Å². The highest BCUT2D eigenvalue weighted by Gasteiger charge is 2.42. The molecule has 1 heterocycles. The van der Waals surface area contributed by atoms with Crippen LogP contribution in [-0.4, -0.2) is 16.5 Å². The zero-order valence-electron chi connectivity index (χ0n) is 10.3. The summed E-state index contributed by atoms with van der Waals surface area (Å²) < 4.78 is 0. The van der Waals surface area contributed by atoms with Crippen molar-refractivity contribution in [1.82, 2.24) is 9.97 Å². The van der Waals surface area contributed by atoms with Gasteiger partial charge < -0.3 is 5.32 Å². The van der Waals surface area contributed by atoms with Crippen LogP contribution >= 0.6 is 0 Å². The van der Waals surface area contributed by atoms with Crippen LogP contribution in [0.1, 0.15) is 18.4 Å². The van der Waals surface area contributed by atoms with Gasteiger partial charge in [-0.25, -0.2) is 4.98 Å². The highest BCUT2D eigenvalue weighted by Crippen LogP contribution is 2.48. The fraction of sp³-hybridized carbons (Fsp3) is 0.333. The monoisotopic (exact) mass is 239 g/mol. The largest absolute Gasteiger partial charge is 0.368 e. The van der Waals surface area contributed by atoms with Crippen LogP contribution in [0, 0.1) is 5.41 Å². The highest BCUT2D eigenvalue weighted by molar-refractivity contribution is 5.31. The van der Waals surface area contributed by atoms with Crippen LogP contribution in [0.4, 0.5) is 5.82 Å². The van der Waals surface area contributed by atoms with E-state index in [1.807, 2.05) is 0 Å². The molecule has 0 saturated heterocycles. The summed E-state index contributed by atoms with van der Waals surface area (Å²) in [5, 5.41) is 3.39. The van der Waals surface area contributed by atoms with Crippen LogP contribution in [0.25, 0.3) is 0 Å². The molecule has 1 N–H and O–H groups in total. The van der Waals surface area contributed by atoms with Crippen LogP contribution in [0.5, 0.6) is 0 Å². The van der Waals surface area contributed by atoms with Gasteiger partial charge in [-0.2, -0.15) is 0 Å². The molecule has 0 atom stereocenters. The standard InChI is InChI=1S/C15H17N3/c1-2-4-13(5-3-1)10-15(6-7-15)12-18-14-11-16-8-9-17-14/h1-5,8-9,11H,6-7,10,12H2,(H,17,18). The summed E-state index contributed by atoms with van der Waals surface area (Å²) in [4.78, 5) is 8.31. The fourth-order valence-corrected chi connectivity index (χ4v) is 2.29. The van der Waals surface area contributed by atoms with Crippen molar-refractivity contribution in [1.29, 1.82) is 0 Å². The molecule has 1 fully saturated rings. The predicted molar refractivity (Wildman–Crippen MR) is 72.3 cm³/mol. The third-order valence-electron chi connectivity index (χ3n) is 3.59. The minimum Gasteiger partial charge on any atom is -0.368 e. The van der Waals surface area contributed by atoms with E-state index in [2.05, 4.69) is 45.6 Å². The van der Waals surface area contributed by atoms with Gasteiger partial charge in [0.15, 0.2) is 0 Å². The van der Waals surface area contributed by atoms with E-state index in [0.29, 0.717) is 5.41 Å². The second-order valence-corrected chi connectivity index (χ2v) is 5.11. The van der Waals surface area contributed by atoms with Crippen molar-refractivity contribution >= 4 is 5.82 Å². The van der Waals surface area contributed by atoms with Crippen molar-refractivity contribution in [2.75, 3.05) is 11.9 Å². The van der Waals surface area contributed by atoms with Gasteiger partial charge >= 0.3 is 0 Å². The Balaban J connectivity index is 1.59. The van der Waals surface area contributed by atoms with Gasteiger partial charge in [0.05, 0.1) is 6.20 Å². The van der Waals surface area contributed by atoms with Crippen LogP contribution in [0.15, 0.2) is 48.9 Å². The molecule has 92 valence electrons. The first-order chi connectivity index (χ1) is 8.86. The maximum absolute atomic E-state index is 4.24. The summed E-state index contributed by atoms with van der Waals surface area (Å²) in [6.45, 7) is 0.987. The van der Waals surface area contributed by atoms with Crippen molar-refractivity contribution in [3.8, 4) is 0 Å². The summed E-state index contributed by atoms with van der Waals surface area (Å²) in [6.07, 6.45) is 8.95. The Morgan fingerprint density at radius 2 is 1.94 bits per heavy atom. The molecule has 0 unspecified atom stereocenters. The summed E-state index contributed by atoms with van der Waals surface area (Å²) in [7, 11) is 0. The average Bonchev–Trinajstić information content (AvgIpc) is 3.19. The molecule has 0 bridgehead atoms. The second-order valence-electron chi connectivity index (χ2n) is 5.11. The van der Waals surface area contributed by atoms with Gasteiger partial charge in [-0.3, -0.25) is 4.98 Å². The molecule has 3 rings (SSSR count). The molecule has 3 nitrogen and oxygen atoms in total. The summed E-state index contributed by atoms with van der Waals surface area (Å²) >= 11 is 0. The number of nitrogens with zero attached hydrogens (tertiary/aromatic N) is 2. The van der Waals surface area contributed by atoms with Crippen LogP contribution in [-0.2, 0) is 6.42 Å². The summed E-state index contributed by atoms with van der Waals surface area (Å²) in [5.41, 5.74) is 1.86. The van der Waals surface area contributed by atoms with Crippen molar-refractivity contribution < 1.29 is 0 Å². The normalized spacial score (nSPS) is 16.2. The minimum atomic E-state index is 0.429. The topological polar surface area (TPSA) is 37.8 Å². The number of aromatic nitrogens is 2. The number of nitrogens with one attached hydrogen (secondary N) is 1. The Hall–Kier alpha value is -1.90. The molecule has 1 aliphatic carbocycles. The van der Waals surface area contributed by atoms with E-state index in [-0.39, 0.29) is 0 Å². The molecule has 0 spiro atoms. The van der Waals surface area contributed by atoms with E-state index in [0.717, 1.165) is 18.8 Å². The van der Waals surface area contributed by atoms with Crippen LogP contribution in [0.2, 0.25) is 0 Å². The number of hydrogen-bond acceptors (Lipinski definition) is 3. The molecule has 3 heteroatoms. The van der Waals surface area contributed by atoms with Gasteiger partial charge in [0.25, 0.3) is 0 Å². The predicted octanol–water partition coefficient (Wildman–Crippen LogP) is 2.91. The quantitative estimate of drug-likeness (QED) is 0.871. The SMILES string of the molecule is c1ccc(CC2(CNc3cnccn3)CC2)cc1. The Morgan fingerprint density at radius 1 is 1.11 bits per heavy atom. The molecular formula is C15H17N3. The molecule has 0 amide bonds. The zero-order valence-corrected chi connectivity index (χ0v) is 10.3. The second kappa shape index (κ2) is 4.77. The van der Waals surface area contributed by atoms with Gasteiger partial charge in [0, 0.05) is 18.9 Å². The van der Waals surface area contributed by atoms with Crippen molar-refractivity contribution in [3.63, 3.8) is 0 Å². The van der Waals surface area contributed by atoms with E-state index < -0.39 is 0 Å². The lowest BCUT2D eigenvalue weighted by atomic mass is 9.96. The molecule has 18 heavy (non-hydrogen) atoms. The first-order valence-corrected chi connectivity index (χ1v) is 6.40. The molecule has 1 saturated carbocycles. The average molecular weight is 239 g/mol. The lowest BCUT2D eigenvalue weighted by Gasteiger charge is -2.16. The first-order valence-electron chi connectivity index (χ1n) is 6.40. The Bertz CT molecular complexity index is 492. The molecule has 1 aromatic carbocycles. The van der Waals surface area contributed by atoms with E-state index in [1.54, 1.807) is 18.6 Å². The van der Waals surface area contributed by atoms with E-state index in [4.69, 9.17) is 0 Å². The maximum atomic E-state index is 4.24. The van der Waals surface area contributed by atoms with Crippen LogP contribution < -0.4 is 5.32 Å². The van der Waals surface area contributed by atoms with Gasteiger partial charge in [-0.1, -0.05) is 30.3 Å². The Morgan fingerprint density at radius 3 is 2.61 bits per heavy atom. The fourth-order valence-electron chi connectivity index (χ4n) is 2.29. The maximum Gasteiger partial charge on any atom is 0.144 e. The number of anilines is 1. The van der Waals surface area contributed by atoms with Gasteiger partial charge in [0.1, 0.15) is 5.82 Å². The first kappa shape index (κ1) is 11.2. The third kappa shape index (κ3) is 2.67. The van der Waals surface area contributed by atoms with Crippen molar-refractivity contribution in [3.05, 3.63) is 54.5 Å². The lowest BCUT2D eigenvalue weighted by Crippen LogP contribution is -2.18. The highest BCUT2D eigenvalue weighted by atomic mass is 15.0. The van der Waals surface area contributed by atoms with Gasteiger partial charge in [0.2, 0.25) is 0 Å². The minimum absolute atomic E-state index is 0.429. The zero-order chi connectivity index (χ0) is 12.3. The lowest BCUT2D eigenvalue weighted by molar-refractivity contribution is 0.537. The van der Waals surface area contributed by atoms with Gasteiger partial charge in [-0.05, 0) is 30.2 Å². The van der Waals surface area contributed by atoms with E-state index in [1.165, 1.54) is 18.4 Å². The summed E-state index contributed by atoms with van der Waals surface area (Å²) in [5.74, 6) is 0.872. The molecule has 1 aromatic heterocycles. The van der Waals surface area contributed by atoms with Crippen molar-refractivity contribution in [2.24, 2.45) is 5.41 Å². The van der Waals surface area contributed by atoms with Gasteiger partial charge in [-0.15, -0.1) is 0 Å². The molecular weight excluding hydrogens is 222 g/mol. The molecule has 2 aromatic rings. The number of rotatable bonds is 5. The van der Waals surface area contributed by atoms with E-state index in [9.17, 15) is 0 Å².